The van der Waals surface area contributed by atoms with E-state index in [1.165, 1.54) is 32.1 Å². The molecule has 1 aliphatic rings. The van der Waals surface area contributed by atoms with Gasteiger partial charge in [0.2, 0.25) is 0 Å². The first-order valence-corrected chi connectivity index (χ1v) is 6.03. The van der Waals surface area contributed by atoms with Crippen LogP contribution in [-0.4, -0.2) is 5.54 Å². The first kappa shape index (κ1) is 12.0. The van der Waals surface area contributed by atoms with E-state index < -0.39 is 0 Å². The molecule has 0 aliphatic heterocycles. The van der Waals surface area contributed by atoms with Gasteiger partial charge in [-0.2, -0.15) is 0 Å². The molecule has 0 aromatic carbocycles. The van der Waals surface area contributed by atoms with E-state index in [1.807, 2.05) is 0 Å². The van der Waals surface area contributed by atoms with Gasteiger partial charge in [-0.05, 0) is 37.0 Å². The third-order valence-electron chi connectivity index (χ3n) is 4.01. The quantitative estimate of drug-likeness (QED) is 0.717. The maximum Gasteiger partial charge on any atom is 0.0136 e. The van der Waals surface area contributed by atoms with E-state index in [2.05, 4.69) is 34.6 Å². The van der Waals surface area contributed by atoms with Gasteiger partial charge in [-0.15, -0.1) is 0 Å². The lowest BCUT2D eigenvalue weighted by Crippen LogP contribution is -2.51. The topological polar surface area (TPSA) is 26.0 Å². The highest BCUT2D eigenvalue weighted by Gasteiger charge is 2.45. The van der Waals surface area contributed by atoms with Crippen LogP contribution < -0.4 is 5.73 Å². The van der Waals surface area contributed by atoms with Crippen molar-refractivity contribution >= 4 is 0 Å². The number of nitrogens with two attached hydrogens (primary N) is 1. The zero-order chi connectivity index (χ0) is 11.0. The molecule has 1 fully saturated rings. The van der Waals surface area contributed by atoms with Crippen LogP contribution in [0.1, 0.15) is 66.7 Å². The van der Waals surface area contributed by atoms with Crippen molar-refractivity contribution in [1.29, 1.82) is 0 Å². The van der Waals surface area contributed by atoms with E-state index in [-0.39, 0.29) is 5.54 Å². The van der Waals surface area contributed by atoms with Crippen LogP contribution in [0.15, 0.2) is 0 Å². The Balaban J connectivity index is 2.90. The smallest absolute Gasteiger partial charge is 0.0136 e. The van der Waals surface area contributed by atoms with E-state index in [0.717, 1.165) is 0 Å². The van der Waals surface area contributed by atoms with Crippen LogP contribution in [0.2, 0.25) is 0 Å². The summed E-state index contributed by atoms with van der Waals surface area (Å²) in [6.45, 7) is 11.6. The maximum absolute atomic E-state index is 6.38. The van der Waals surface area contributed by atoms with Crippen LogP contribution in [0.4, 0.5) is 0 Å². The van der Waals surface area contributed by atoms with Crippen molar-refractivity contribution in [2.45, 2.75) is 72.3 Å². The van der Waals surface area contributed by atoms with E-state index in [9.17, 15) is 0 Å². The monoisotopic (exact) mass is 197 g/mol. The molecule has 14 heavy (non-hydrogen) atoms. The lowest BCUT2D eigenvalue weighted by molar-refractivity contribution is 0.0252. The highest BCUT2D eigenvalue weighted by atomic mass is 14.8. The van der Waals surface area contributed by atoms with Gasteiger partial charge in [0.15, 0.2) is 0 Å². The highest BCUT2D eigenvalue weighted by molar-refractivity contribution is 5.00. The van der Waals surface area contributed by atoms with Crippen LogP contribution >= 0.6 is 0 Å². The van der Waals surface area contributed by atoms with Gasteiger partial charge in [0.05, 0.1) is 0 Å². The first-order chi connectivity index (χ1) is 6.24. The van der Waals surface area contributed by atoms with E-state index in [4.69, 9.17) is 5.73 Å². The van der Waals surface area contributed by atoms with Crippen molar-refractivity contribution in [3.8, 4) is 0 Å². The van der Waals surface area contributed by atoms with E-state index >= 15 is 0 Å². The largest absolute Gasteiger partial charge is 0.325 e. The van der Waals surface area contributed by atoms with Gasteiger partial charge < -0.3 is 5.73 Å². The summed E-state index contributed by atoms with van der Waals surface area (Å²) in [5.41, 5.74) is 7.36. The number of hydrogen-bond donors (Lipinski definition) is 1. The molecule has 2 N–H and O–H groups in total. The molecule has 0 aromatic heterocycles. The minimum Gasteiger partial charge on any atom is -0.325 e. The fraction of sp³-hybridized carbons (Fsp3) is 1.00. The molecule has 0 bridgehead atoms. The molecule has 1 aliphatic carbocycles. The molecular weight excluding hydrogens is 170 g/mol. The van der Waals surface area contributed by atoms with Crippen molar-refractivity contribution in [3.05, 3.63) is 0 Å². The molecule has 0 heterocycles. The first-order valence-electron chi connectivity index (χ1n) is 6.03. The van der Waals surface area contributed by atoms with Crippen molar-refractivity contribution in [1.82, 2.24) is 0 Å². The summed E-state index contributed by atoms with van der Waals surface area (Å²) in [5, 5.41) is 0. The maximum atomic E-state index is 6.38. The second kappa shape index (κ2) is 3.52. The lowest BCUT2D eigenvalue weighted by atomic mass is 9.56. The van der Waals surface area contributed by atoms with Crippen molar-refractivity contribution in [2.24, 2.45) is 16.6 Å². The van der Waals surface area contributed by atoms with Crippen LogP contribution in [0.3, 0.4) is 0 Å². The summed E-state index contributed by atoms with van der Waals surface area (Å²) < 4.78 is 0. The molecule has 1 atom stereocenters. The van der Waals surface area contributed by atoms with Gasteiger partial charge in [0.25, 0.3) is 0 Å². The lowest BCUT2D eigenvalue weighted by Gasteiger charge is -2.51. The van der Waals surface area contributed by atoms with E-state index in [0.29, 0.717) is 10.8 Å². The van der Waals surface area contributed by atoms with Crippen LogP contribution in [0.25, 0.3) is 0 Å². The van der Waals surface area contributed by atoms with Crippen LogP contribution in [0, 0.1) is 10.8 Å². The summed E-state index contributed by atoms with van der Waals surface area (Å²) in [5.74, 6) is 0. The molecule has 0 spiro atoms. The second-order valence-electron chi connectivity index (χ2n) is 6.56. The molecule has 0 unspecified atom stereocenters. The molecule has 1 rings (SSSR count). The SMILES string of the molecule is CCC1(CC)CC(C)(C)C[C@](C)(N)C1. The predicted molar refractivity (Wildman–Crippen MR) is 63.2 cm³/mol. The molecule has 1 saturated carbocycles. The molecule has 84 valence electrons. The standard InChI is InChI=1S/C13H27N/c1-6-13(7-2)9-11(3,4)8-12(5,14)10-13/h6-10,14H2,1-5H3/t12-/m0/s1. The van der Waals surface area contributed by atoms with Crippen LogP contribution in [-0.2, 0) is 0 Å². The Hall–Kier alpha value is -0.0400. The highest BCUT2D eigenvalue weighted by Crippen LogP contribution is 2.52. The molecule has 1 nitrogen and oxygen atoms in total. The Labute approximate surface area is 89.5 Å². The van der Waals surface area contributed by atoms with Gasteiger partial charge in [-0.1, -0.05) is 40.5 Å². The zero-order valence-electron chi connectivity index (χ0n) is 10.6. The van der Waals surface area contributed by atoms with E-state index in [1.54, 1.807) is 0 Å². The number of hydrogen-bond acceptors (Lipinski definition) is 1. The van der Waals surface area contributed by atoms with Gasteiger partial charge >= 0.3 is 0 Å². The average Bonchev–Trinajstić information content (AvgIpc) is 1.98. The Morgan fingerprint density at radius 1 is 0.929 bits per heavy atom. The second-order valence-corrected chi connectivity index (χ2v) is 6.56. The third kappa shape index (κ3) is 2.50. The normalized spacial score (nSPS) is 35.6. The van der Waals surface area contributed by atoms with Gasteiger partial charge in [-0.3, -0.25) is 0 Å². The number of rotatable bonds is 2. The van der Waals surface area contributed by atoms with Gasteiger partial charge in [0.1, 0.15) is 0 Å². The molecule has 0 radical (unpaired) electrons. The van der Waals surface area contributed by atoms with Gasteiger partial charge in [-0.25, -0.2) is 0 Å². The minimum absolute atomic E-state index is 0.0494. The van der Waals surface area contributed by atoms with Crippen molar-refractivity contribution < 1.29 is 0 Å². The predicted octanol–water partition coefficient (Wildman–Crippen LogP) is 3.72. The molecule has 0 saturated heterocycles. The van der Waals surface area contributed by atoms with Gasteiger partial charge in [0, 0.05) is 5.54 Å². The molecule has 1 heteroatoms. The van der Waals surface area contributed by atoms with Crippen molar-refractivity contribution in [2.75, 3.05) is 0 Å². The Morgan fingerprint density at radius 3 is 1.79 bits per heavy atom. The Morgan fingerprint density at radius 2 is 1.43 bits per heavy atom. The van der Waals surface area contributed by atoms with Crippen LogP contribution in [0.5, 0.6) is 0 Å². The summed E-state index contributed by atoms with van der Waals surface area (Å²) in [7, 11) is 0. The summed E-state index contributed by atoms with van der Waals surface area (Å²) in [6, 6.07) is 0. The summed E-state index contributed by atoms with van der Waals surface area (Å²) >= 11 is 0. The molecule has 0 aromatic rings. The Kier molecular flexibility index (Phi) is 3.02. The fourth-order valence-corrected chi connectivity index (χ4v) is 3.90. The summed E-state index contributed by atoms with van der Waals surface area (Å²) in [6.07, 6.45) is 6.28. The molecule has 0 amide bonds. The van der Waals surface area contributed by atoms with Crippen molar-refractivity contribution in [3.63, 3.8) is 0 Å². The average molecular weight is 197 g/mol. The molecular formula is C13H27N. The minimum atomic E-state index is 0.0494. The zero-order valence-corrected chi connectivity index (χ0v) is 10.6. The fourth-order valence-electron chi connectivity index (χ4n) is 3.90. The third-order valence-corrected chi connectivity index (χ3v) is 4.01. The Bertz CT molecular complexity index is 181. The summed E-state index contributed by atoms with van der Waals surface area (Å²) in [4.78, 5) is 0.